The molecule has 0 bridgehead atoms. The SMILES string of the molecule is COC(=O)/C(=C\c1ccc(F)cc1)CN1CCN(Cc2ccc(C(=O)OC(C(=O)NC(C)(C)C)c3ccccc3)cc2)CC1. The van der Waals surface area contributed by atoms with E-state index in [1.165, 1.54) is 19.2 Å². The number of hydrogen-bond acceptors (Lipinski definition) is 7. The fourth-order valence-electron chi connectivity index (χ4n) is 4.92. The van der Waals surface area contributed by atoms with Crippen molar-refractivity contribution < 1.29 is 28.2 Å². The minimum absolute atomic E-state index is 0.329. The molecule has 1 atom stereocenters. The predicted octanol–water partition coefficient (Wildman–Crippen LogP) is 5.01. The summed E-state index contributed by atoms with van der Waals surface area (Å²) in [5.74, 6) is -1.68. The fraction of sp³-hybridized carbons (Fsp3) is 0.343. The van der Waals surface area contributed by atoms with Gasteiger partial charge in [0.15, 0.2) is 0 Å². The molecule has 1 aliphatic rings. The van der Waals surface area contributed by atoms with Crippen LogP contribution in [0.15, 0.2) is 84.4 Å². The molecule has 0 aromatic heterocycles. The van der Waals surface area contributed by atoms with Crippen molar-refractivity contribution in [1.82, 2.24) is 15.1 Å². The van der Waals surface area contributed by atoms with Crippen molar-refractivity contribution in [2.24, 2.45) is 0 Å². The number of carbonyl (C=O) groups excluding carboxylic acids is 3. The first-order chi connectivity index (χ1) is 21.0. The molecule has 44 heavy (non-hydrogen) atoms. The number of piperazine rings is 1. The van der Waals surface area contributed by atoms with E-state index in [4.69, 9.17) is 9.47 Å². The van der Waals surface area contributed by atoms with Crippen molar-refractivity contribution in [3.05, 3.63) is 113 Å². The number of benzene rings is 3. The number of methoxy groups -OCH3 is 1. The van der Waals surface area contributed by atoms with E-state index >= 15 is 0 Å². The lowest BCUT2D eigenvalue weighted by atomic mass is 10.0. The molecule has 1 heterocycles. The zero-order chi connectivity index (χ0) is 31.7. The Kier molecular flexibility index (Phi) is 11.0. The molecule has 0 radical (unpaired) electrons. The first-order valence-corrected chi connectivity index (χ1v) is 14.7. The Morgan fingerprint density at radius 2 is 1.50 bits per heavy atom. The second kappa shape index (κ2) is 14.9. The zero-order valence-corrected chi connectivity index (χ0v) is 25.7. The predicted molar refractivity (Wildman–Crippen MR) is 167 cm³/mol. The van der Waals surface area contributed by atoms with Gasteiger partial charge in [-0.15, -0.1) is 0 Å². The Labute approximate surface area is 258 Å². The van der Waals surface area contributed by atoms with Gasteiger partial charge in [0.25, 0.3) is 5.91 Å². The van der Waals surface area contributed by atoms with Gasteiger partial charge in [0.05, 0.1) is 18.2 Å². The monoisotopic (exact) mass is 601 g/mol. The van der Waals surface area contributed by atoms with E-state index in [9.17, 15) is 18.8 Å². The molecule has 1 unspecified atom stereocenters. The second-order valence-electron chi connectivity index (χ2n) is 11.9. The standard InChI is InChI=1S/C35H40FN3O5/c1-35(2,3)37-32(40)31(27-8-6-5-7-9-27)44-34(42)28-14-10-26(11-15-28)23-38-18-20-39(21-19-38)24-29(33(41)43-4)22-25-12-16-30(36)17-13-25/h5-17,22,31H,18-21,23-24H2,1-4H3,(H,37,40)/b29-22-. The number of ether oxygens (including phenoxy) is 2. The third-order valence-corrected chi connectivity index (χ3v) is 7.18. The number of esters is 2. The van der Waals surface area contributed by atoms with Crippen molar-refractivity contribution in [2.45, 2.75) is 39.0 Å². The maximum absolute atomic E-state index is 13.3. The minimum atomic E-state index is -1.07. The van der Waals surface area contributed by atoms with E-state index in [2.05, 4.69) is 15.1 Å². The van der Waals surface area contributed by atoms with Crippen molar-refractivity contribution >= 4 is 23.9 Å². The molecule has 1 N–H and O–H groups in total. The van der Waals surface area contributed by atoms with Gasteiger partial charge in [-0.1, -0.05) is 54.6 Å². The molecule has 9 heteroatoms. The quantitative estimate of drug-likeness (QED) is 0.258. The molecule has 0 aliphatic carbocycles. The van der Waals surface area contributed by atoms with Crippen LogP contribution in [0.2, 0.25) is 0 Å². The largest absolute Gasteiger partial charge is 0.466 e. The van der Waals surface area contributed by atoms with Crippen LogP contribution in [-0.4, -0.2) is 73.0 Å². The smallest absolute Gasteiger partial charge is 0.339 e. The van der Waals surface area contributed by atoms with Crippen molar-refractivity contribution in [3.63, 3.8) is 0 Å². The normalized spacial score (nSPS) is 15.3. The van der Waals surface area contributed by atoms with Crippen LogP contribution in [0.5, 0.6) is 0 Å². The Hall–Kier alpha value is -4.34. The van der Waals surface area contributed by atoms with E-state index in [0.717, 1.165) is 37.3 Å². The Bertz CT molecular complexity index is 1440. The number of amides is 1. The van der Waals surface area contributed by atoms with Crippen LogP contribution in [0.4, 0.5) is 4.39 Å². The van der Waals surface area contributed by atoms with E-state index < -0.39 is 23.6 Å². The summed E-state index contributed by atoms with van der Waals surface area (Å²) in [5.41, 5.74) is 2.79. The molecule has 1 aliphatic heterocycles. The second-order valence-corrected chi connectivity index (χ2v) is 11.9. The molecule has 1 saturated heterocycles. The van der Waals surface area contributed by atoms with Crippen LogP contribution in [0.3, 0.4) is 0 Å². The first kappa shape index (κ1) is 32.6. The Morgan fingerprint density at radius 1 is 0.886 bits per heavy atom. The fourth-order valence-corrected chi connectivity index (χ4v) is 4.92. The average molecular weight is 602 g/mol. The maximum atomic E-state index is 13.3. The highest BCUT2D eigenvalue weighted by Gasteiger charge is 2.28. The molecule has 1 amide bonds. The lowest BCUT2D eigenvalue weighted by Crippen LogP contribution is -2.46. The summed E-state index contributed by atoms with van der Waals surface area (Å²) in [6, 6.07) is 22.2. The maximum Gasteiger partial charge on any atom is 0.339 e. The number of halogens is 1. The van der Waals surface area contributed by atoms with Crippen LogP contribution in [-0.2, 0) is 25.6 Å². The summed E-state index contributed by atoms with van der Waals surface area (Å²) < 4.78 is 24.0. The van der Waals surface area contributed by atoms with Gasteiger partial charge in [-0.05, 0) is 62.2 Å². The third kappa shape index (κ3) is 9.59. The number of hydrogen-bond donors (Lipinski definition) is 1. The van der Waals surface area contributed by atoms with Crippen LogP contribution >= 0.6 is 0 Å². The van der Waals surface area contributed by atoms with E-state index in [1.54, 1.807) is 54.6 Å². The van der Waals surface area contributed by atoms with Gasteiger partial charge < -0.3 is 14.8 Å². The summed E-state index contributed by atoms with van der Waals surface area (Å²) in [5, 5.41) is 2.90. The number of nitrogens with zero attached hydrogens (tertiary/aromatic N) is 2. The van der Waals surface area contributed by atoms with Crippen LogP contribution in [0, 0.1) is 5.82 Å². The third-order valence-electron chi connectivity index (χ3n) is 7.18. The van der Waals surface area contributed by atoms with Gasteiger partial charge in [0.2, 0.25) is 6.10 Å². The Morgan fingerprint density at radius 3 is 2.09 bits per heavy atom. The van der Waals surface area contributed by atoms with Crippen LogP contribution < -0.4 is 5.32 Å². The molecule has 8 nitrogen and oxygen atoms in total. The lowest BCUT2D eigenvalue weighted by Gasteiger charge is -2.35. The van der Waals surface area contributed by atoms with Gasteiger partial charge >= 0.3 is 11.9 Å². The summed E-state index contributed by atoms with van der Waals surface area (Å²) >= 11 is 0. The summed E-state index contributed by atoms with van der Waals surface area (Å²) in [4.78, 5) is 43.0. The molecule has 3 aromatic rings. The average Bonchev–Trinajstić information content (AvgIpc) is 3.01. The highest BCUT2D eigenvalue weighted by Crippen LogP contribution is 2.22. The molecule has 4 rings (SSSR count). The zero-order valence-electron chi connectivity index (χ0n) is 25.7. The van der Waals surface area contributed by atoms with E-state index in [1.807, 2.05) is 39.0 Å². The highest BCUT2D eigenvalue weighted by atomic mass is 19.1. The molecule has 1 fully saturated rings. The van der Waals surface area contributed by atoms with E-state index in [-0.39, 0.29) is 11.7 Å². The van der Waals surface area contributed by atoms with Crippen LogP contribution in [0.1, 0.15) is 53.9 Å². The minimum Gasteiger partial charge on any atom is -0.466 e. The van der Waals surface area contributed by atoms with Gasteiger partial charge in [0.1, 0.15) is 5.82 Å². The molecular weight excluding hydrogens is 561 g/mol. The summed E-state index contributed by atoms with van der Waals surface area (Å²) in [7, 11) is 1.36. The van der Waals surface area contributed by atoms with Gasteiger partial charge in [-0.25, -0.2) is 14.0 Å². The summed E-state index contributed by atoms with van der Waals surface area (Å²) in [6.07, 6.45) is 0.674. The molecular formula is C35H40FN3O5. The molecule has 3 aromatic carbocycles. The first-order valence-electron chi connectivity index (χ1n) is 14.7. The van der Waals surface area contributed by atoms with Gasteiger partial charge in [0, 0.05) is 50.4 Å². The number of rotatable bonds is 10. The molecule has 232 valence electrons. The van der Waals surface area contributed by atoms with Crippen LogP contribution in [0.25, 0.3) is 6.08 Å². The number of carbonyl (C=O) groups is 3. The lowest BCUT2D eigenvalue weighted by molar-refractivity contribution is -0.136. The van der Waals surface area contributed by atoms with E-state index in [0.29, 0.717) is 29.8 Å². The topological polar surface area (TPSA) is 88.2 Å². The summed E-state index contributed by atoms with van der Waals surface area (Å²) in [6.45, 7) is 9.90. The molecule has 0 saturated carbocycles. The van der Waals surface area contributed by atoms with Crippen molar-refractivity contribution in [3.8, 4) is 0 Å². The van der Waals surface area contributed by atoms with Gasteiger partial charge in [-0.2, -0.15) is 0 Å². The Balaban J connectivity index is 1.32. The number of nitrogens with one attached hydrogen (secondary N) is 1. The van der Waals surface area contributed by atoms with Crippen molar-refractivity contribution in [2.75, 3.05) is 39.8 Å². The molecule has 0 spiro atoms. The van der Waals surface area contributed by atoms with Gasteiger partial charge in [-0.3, -0.25) is 14.6 Å². The highest BCUT2D eigenvalue weighted by molar-refractivity contribution is 5.94. The van der Waals surface area contributed by atoms with Crippen molar-refractivity contribution in [1.29, 1.82) is 0 Å².